The Kier molecular flexibility index (Phi) is 9.04. The first-order valence-corrected chi connectivity index (χ1v) is 8.11. The second-order valence-electron chi connectivity index (χ2n) is 5.89. The standard InChI is InChI=1S/C19H30O2/c1-4-9-19(14-18(20)13-12-16(3)5-2)21-15-17-10-7-6-8-11-17/h5-8,10-11,16,18-20H,2,4,9,12-15H2,1,3H3/t16-,18+,19+/m1/s1. The van der Waals surface area contributed by atoms with Crippen LogP contribution in [0.15, 0.2) is 43.0 Å². The molecular weight excluding hydrogens is 260 g/mol. The van der Waals surface area contributed by atoms with E-state index in [-0.39, 0.29) is 12.2 Å². The van der Waals surface area contributed by atoms with E-state index in [0.29, 0.717) is 12.5 Å². The molecule has 0 bridgehead atoms. The number of benzene rings is 1. The zero-order valence-corrected chi connectivity index (χ0v) is 13.5. The molecule has 0 radical (unpaired) electrons. The van der Waals surface area contributed by atoms with Crippen molar-refractivity contribution < 1.29 is 9.84 Å². The summed E-state index contributed by atoms with van der Waals surface area (Å²) in [6.07, 6.45) is 6.43. The van der Waals surface area contributed by atoms with Crippen LogP contribution in [0.4, 0.5) is 0 Å². The van der Waals surface area contributed by atoms with Gasteiger partial charge in [0, 0.05) is 0 Å². The smallest absolute Gasteiger partial charge is 0.0720 e. The van der Waals surface area contributed by atoms with Crippen molar-refractivity contribution in [3.63, 3.8) is 0 Å². The predicted molar refractivity (Wildman–Crippen MR) is 89.1 cm³/mol. The monoisotopic (exact) mass is 290 g/mol. The molecule has 1 aromatic carbocycles. The van der Waals surface area contributed by atoms with Crippen LogP contribution in [0.2, 0.25) is 0 Å². The minimum atomic E-state index is -0.278. The van der Waals surface area contributed by atoms with Gasteiger partial charge in [0.15, 0.2) is 0 Å². The van der Waals surface area contributed by atoms with Crippen molar-refractivity contribution in [3.05, 3.63) is 48.6 Å². The third-order valence-electron chi connectivity index (χ3n) is 3.83. The normalized spacial score (nSPS) is 15.4. The highest BCUT2D eigenvalue weighted by atomic mass is 16.5. The largest absolute Gasteiger partial charge is 0.393 e. The van der Waals surface area contributed by atoms with Crippen LogP contribution in [0.25, 0.3) is 0 Å². The van der Waals surface area contributed by atoms with Crippen molar-refractivity contribution in [3.8, 4) is 0 Å². The van der Waals surface area contributed by atoms with Crippen LogP contribution in [-0.2, 0) is 11.3 Å². The first kappa shape index (κ1) is 17.9. The van der Waals surface area contributed by atoms with Crippen molar-refractivity contribution in [2.75, 3.05) is 0 Å². The number of rotatable bonds is 11. The van der Waals surface area contributed by atoms with Crippen molar-refractivity contribution in [2.24, 2.45) is 5.92 Å². The highest BCUT2D eigenvalue weighted by molar-refractivity contribution is 5.13. The molecule has 0 saturated heterocycles. The molecule has 1 aromatic rings. The van der Waals surface area contributed by atoms with Gasteiger partial charge in [-0.15, -0.1) is 6.58 Å². The van der Waals surface area contributed by atoms with Crippen molar-refractivity contribution in [1.29, 1.82) is 0 Å². The Labute approximate surface area is 129 Å². The van der Waals surface area contributed by atoms with Crippen LogP contribution >= 0.6 is 0 Å². The quantitative estimate of drug-likeness (QED) is 0.597. The summed E-state index contributed by atoms with van der Waals surface area (Å²) in [5, 5.41) is 10.2. The fourth-order valence-electron chi connectivity index (χ4n) is 2.37. The molecule has 0 fully saturated rings. The molecule has 1 rings (SSSR count). The van der Waals surface area contributed by atoms with Crippen LogP contribution in [-0.4, -0.2) is 17.3 Å². The van der Waals surface area contributed by atoms with Gasteiger partial charge < -0.3 is 9.84 Å². The van der Waals surface area contributed by atoms with Gasteiger partial charge in [-0.2, -0.15) is 0 Å². The topological polar surface area (TPSA) is 29.5 Å². The van der Waals surface area contributed by atoms with E-state index in [1.165, 1.54) is 5.56 Å². The van der Waals surface area contributed by atoms with E-state index in [0.717, 1.165) is 32.1 Å². The highest BCUT2D eigenvalue weighted by Crippen LogP contribution is 2.17. The highest BCUT2D eigenvalue weighted by Gasteiger charge is 2.15. The molecule has 21 heavy (non-hydrogen) atoms. The number of hydrogen-bond donors (Lipinski definition) is 1. The van der Waals surface area contributed by atoms with Gasteiger partial charge in [0.05, 0.1) is 18.8 Å². The van der Waals surface area contributed by atoms with Crippen LogP contribution in [0.3, 0.4) is 0 Å². The summed E-state index contributed by atoms with van der Waals surface area (Å²) in [6, 6.07) is 10.2. The first-order valence-electron chi connectivity index (χ1n) is 8.11. The van der Waals surface area contributed by atoms with Gasteiger partial charge in [-0.05, 0) is 37.2 Å². The summed E-state index contributed by atoms with van der Waals surface area (Å²) in [7, 11) is 0. The molecule has 0 unspecified atom stereocenters. The van der Waals surface area contributed by atoms with Crippen LogP contribution in [0.5, 0.6) is 0 Å². The Morgan fingerprint density at radius 3 is 2.52 bits per heavy atom. The minimum Gasteiger partial charge on any atom is -0.393 e. The van der Waals surface area contributed by atoms with Crippen molar-refractivity contribution in [1.82, 2.24) is 0 Å². The maximum Gasteiger partial charge on any atom is 0.0720 e. The summed E-state index contributed by atoms with van der Waals surface area (Å²) in [6.45, 7) is 8.70. The lowest BCUT2D eigenvalue weighted by Crippen LogP contribution is -2.21. The lowest BCUT2D eigenvalue weighted by Gasteiger charge is -2.21. The van der Waals surface area contributed by atoms with Gasteiger partial charge in [0.25, 0.3) is 0 Å². The van der Waals surface area contributed by atoms with Crippen LogP contribution < -0.4 is 0 Å². The lowest BCUT2D eigenvalue weighted by molar-refractivity contribution is -0.00344. The van der Waals surface area contributed by atoms with E-state index in [1.807, 2.05) is 24.3 Å². The minimum absolute atomic E-state index is 0.143. The molecule has 0 aromatic heterocycles. The van der Waals surface area contributed by atoms with Crippen molar-refractivity contribution in [2.45, 2.75) is 64.8 Å². The van der Waals surface area contributed by atoms with Crippen LogP contribution in [0.1, 0.15) is 51.5 Å². The fraction of sp³-hybridized carbons (Fsp3) is 0.579. The average Bonchev–Trinajstić information content (AvgIpc) is 2.51. The molecule has 0 spiro atoms. The van der Waals surface area contributed by atoms with Crippen LogP contribution in [0, 0.1) is 5.92 Å². The molecule has 2 heteroatoms. The number of ether oxygens (including phenoxy) is 1. The number of aliphatic hydroxyl groups excluding tert-OH is 1. The summed E-state index contributed by atoms with van der Waals surface area (Å²) >= 11 is 0. The summed E-state index contributed by atoms with van der Waals surface area (Å²) in [5.41, 5.74) is 1.19. The second kappa shape index (κ2) is 10.6. The number of hydrogen-bond acceptors (Lipinski definition) is 2. The molecule has 1 N–H and O–H groups in total. The van der Waals surface area contributed by atoms with Crippen molar-refractivity contribution >= 4 is 0 Å². The molecule has 0 heterocycles. The van der Waals surface area contributed by atoms with Gasteiger partial charge >= 0.3 is 0 Å². The SMILES string of the molecule is C=C[C@@H](C)CC[C@H](O)C[C@H](CCC)OCc1ccccc1. The maximum atomic E-state index is 10.2. The Morgan fingerprint density at radius 2 is 1.90 bits per heavy atom. The molecule has 2 nitrogen and oxygen atoms in total. The van der Waals surface area contributed by atoms with Gasteiger partial charge in [0.1, 0.15) is 0 Å². The van der Waals surface area contributed by atoms with E-state index < -0.39 is 0 Å². The Bertz CT molecular complexity index is 374. The Hall–Kier alpha value is -1.12. The van der Waals surface area contributed by atoms with E-state index in [9.17, 15) is 5.11 Å². The summed E-state index contributed by atoms with van der Waals surface area (Å²) in [5.74, 6) is 0.467. The molecule has 3 atom stereocenters. The van der Waals surface area contributed by atoms with Gasteiger partial charge in [-0.3, -0.25) is 0 Å². The summed E-state index contributed by atoms with van der Waals surface area (Å²) < 4.78 is 5.99. The van der Waals surface area contributed by atoms with E-state index >= 15 is 0 Å². The lowest BCUT2D eigenvalue weighted by atomic mass is 9.98. The number of aliphatic hydroxyl groups is 1. The Morgan fingerprint density at radius 1 is 1.19 bits per heavy atom. The maximum absolute atomic E-state index is 10.2. The third-order valence-corrected chi connectivity index (χ3v) is 3.83. The first-order chi connectivity index (χ1) is 10.2. The third kappa shape index (κ3) is 8.03. The second-order valence-corrected chi connectivity index (χ2v) is 5.89. The molecule has 0 aliphatic rings. The fourth-order valence-corrected chi connectivity index (χ4v) is 2.37. The molecule has 118 valence electrons. The van der Waals surface area contributed by atoms with E-state index in [2.05, 4.69) is 32.6 Å². The molecular formula is C19H30O2. The molecule has 0 amide bonds. The summed E-state index contributed by atoms with van der Waals surface area (Å²) in [4.78, 5) is 0. The average molecular weight is 290 g/mol. The van der Waals surface area contributed by atoms with E-state index in [4.69, 9.17) is 4.74 Å². The Balaban J connectivity index is 2.36. The predicted octanol–water partition coefficient (Wildman–Crippen LogP) is 4.73. The molecule has 0 aliphatic carbocycles. The zero-order chi connectivity index (χ0) is 15.5. The molecule has 0 saturated carbocycles. The van der Waals surface area contributed by atoms with E-state index in [1.54, 1.807) is 0 Å². The van der Waals surface area contributed by atoms with Gasteiger partial charge in [0.2, 0.25) is 0 Å². The zero-order valence-electron chi connectivity index (χ0n) is 13.5. The van der Waals surface area contributed by atoms with Gasteiger partial charge in [-0.25, -0.2) is 0 Å². The molecule has 0 aliphatic heterocycles. The number of allylic oxidation sites excluding steroid dienone is 1. The van der Waals surface area contributed by atoms with Gasteiger partial charge in [-0.1, -0.05) is 56.7 Å².